The van der Waals surface area contributed by atoms with Crippen LogP contribution in [0.3, 0.4) is 0 Å². The van der Waals surface area contributed by atoms with Crippen molar-refractivity contribution in [1.82, 2.24) is 4.98 Å². The van der Waals surface area contributed by atoms with Gasteiger partial charge in [0.05, 0.1) is 5.56 Å². The molecule has 10 heavy (non-hydrogen) atoms. The van der Waals surface area contributed by atoms with E-state index in [2.05, 4.69) is 10.9 Å². The molecule has 1 nitrogen and oxygen atoms in total. The maximum absolute atomic E-state index is 12.7. The quantitative estimate of drug-likeness (QED) is 0.412. The Bertz CT molecular complexity index is 290. The SMILES string of the molecule is C#Cc1ccnc(Cl)c1F. The van der Waals surface area contributed by atoms with Crippen LogP contribution >= 0.6 is 11.6 Å². The molecule has 1 aromatic heterocycles. The maximum Gasteiger partial charge on any atom is 0.176 e. The summed E-state index contributed by atoms with van der Waals surface area (Å²) in [5, 5.41) is -0.185. The minimum Gasteiger partial charge on any atom is -0.241 e. The van der Waals surface area contributed by atoms with Gasteiger partial charge in [-0.25, -0.2) is 9.37 Å². The van der Waals surface area contributed by atoms with Gasteiger partial charge in [0.2, 0.25) is 0 Å². The lowest BCUT2D eigenvalue weighted by atomic mass is 10.3. The van der Waals surface area contributed by atoms with Crippen LogP contribution in [0.25, 0.3) is 0 Å². The topological polar surface area (TPSA) is 12.9 Å². The Hall–Kier alpha value is -1.07. The van der Waals surface area contributed by atoms with Crippen LogP contribution in [0.1, 0.15) is 5.56 Å². The van der Waals surface area contributed by atoms with Crippen LogP contribution in [0.2, 0.25) is 5.15 Å². The van der Waals surface area contributed by atoms with Crippen LogP contribution in [0, 0.1) is 18.2 Å². The smallest absolute Gasteiger partial charge is 0.176 e. The molecule has 0 amide bonds. The van der Waals surface area contributed by atoms with Gasteiger partial charge < -0.3 is 0 Å². The predicted octanol–water partition coefficient (Wildman–Crippen LogP) is 1.86. The van der Waals surface area contributed by atoms with Gasteiger partial charge in [-0.1, -0.05) is 17.5 Å². The molecule has 0 aliphatic carbocycles. The number of hydrogen-bond acceptors (Lipinski definition) is 1. The van der Waals surface area contributed by atoms with Crippen molar-refractivity contribution in [3.05, 3.63) is 28.8 Å². The molecule has 0 atom stereocenters. The third kappa shape index (κ3) is 1.09. The summed E-state index contributed by atoms with van der Waals surface area (Å²) in [7, 11) is 0. The second-order valence-electron chi connectivity index (χ2n) is 1.61. The van der Waals surface area contributed by atoms with Crippen LogP contribution in [0.5, 0.6) is 0 Å². The zero-order chi connectivity index (χ0) is 7.56. The average molecular weight is 156 g/mol. The summed E-state index contributed by atoms with van der Waals surface area (Å²) in [6.07, 6.45) is 6.30. The average Bonchev–Trinajstić information content (AvgIpc) is 1.95. The number of hydrogen-bond donors (Lipinski definition) is 0. The van der Waals surface area contributed by atoms with Gasteiger partial charge in [0.25, 0.3) is 0 Å². The van der Waals surface area contributed by atoms with E-state index in [0.29, 0.717) is 0 Å². The van der Waals surface area contributed by atoms with E-state index in [0.717, 1.165) is 0 Å². The Morgan fingerprint density at radius 1 is 1.70 bits per heavy atom. The summed E-state index contributed by atoms with van der Waals surface area (Å²) in [6.45, 7) is 0. The minimum absolute atomic E-state index is 0.139. The monoisotopic (exact) mass is 155 g/mol. The van der Waals surface area contributed by atoms with Crippen molar-refractivity contribution in [2.24, 2.45) is 0 Å². The van der Waals surface area contributed by atoms with E-state index in [-0.39, 0.29) is 10.7 Å². The Kier molecular flexibility index (Phi) is 1.88. The number of terminal acetylenes is 1. The molecule has 0 unspecified atom stereocenters. The number of halogens is 2. The molecule has 0 fully saturated rings. The van der Waals surface area contributed by atoms with Crippen molar-refractivity contribution in [1.29, 1.82) is 0 Å². The summed E-state index contributed by atoms with van der Waals surface area (Å²) >= 11 is 5.31. The number of aromatic nitrogens is 1. The van der Waals surface area contributed by atoms with Gasteiger partial charge in [-0.2, -0.15) is 0 Å². The first kappa shape index (κ1) is 7.04. The standard InChI is InChI=1S/C7H3ClFN/c1-2-5-3-4-10-7(8)6(5)9/h1,3-4H. The van der Waals surface area contributed by atoms with Crippen LogP contribution in [-0.4, -0.2) is 4.98 Å². The lowest BCUT2D eigenvalue weighted by Gasteiger charge is -1.93. The van der Waals surface area contributed by atoms with Crippen LogP contribution in [0.4, 0.5) is 4.39 Å². The Balaban J connectivity index is 3.31. The lowest BCUT2D eigenvalue weighted by Crippen LogP contribution is -1.86. The van der Waals surface area contributed by atoms with Gasteiger partial charge in [0, 0.05) is 6.20 Å². The summed E-state index contributed by atoms with van der Waals surface area (Å²) < 4.78 is 12.7. The molecular formula is C7H3ClFN. The van der Waals surface area contributed by atoms with Crippen molar-refractivity contribution in [3.63, 3.8) is 0 Å². The molecule has 0 radical (unpaired) electrons. The fraction of sp³-hybridized carbons (Fsp3) is 0. The van der Waals surface area contributed by atoms with E-state index >= 15 is 0 Å². The molecule has 0 saturated carbocycles. The number of nitrogens with zero attached hydrogens (tertiary/aromatic N) is 1. The third-order valence-corrected chi connectivity index (χ3v) is 1.27. The summed E-state index contributed by atoms with van der Waals surface area (Å²) in [6, 6.07) is 1.39. The summed E-state index contributed by atoms with van der Waals surface area (Å²) in [5.74, 6) is 1.50. The zero-order valence-electron chi connectivity index (χ0n) is 4.94. The van der Waals surface area contributed by atoms with Crippen molar-refractivity contribution in [2.45, 2.75) is 0 Å². The Morgan fingerprint density at radius 3 is 2.90 bits per heavy atom. The van der Waals surface area contributed by atoms with E-state index in [9.17, 15) is 4.39 Å². The summed E-state index contributed by atoms with van der Waals surface area (Å²) in [5.41, 5.74) is 0.139. The third-order valence-electron chi connectivity index (χ3n) is 1.00. The predicted molar refractivity (Wildman–Crippen MR) is 37.1 cm³/mol. The highest BCUT2D eigenvalue weighted by atomic mass is 35.5. The van der Waals surface area contributed by atoms with E-state index in [1.54, 1.807) is 0 Å². The zero-order valence-corrected chi connectivity index (χ0v) is 5.69. The molecule has 0 spiro atoms. The van der Waals surface area contributed by atoms with Crippen molar-refractivity contribution in [3.8, 4) is 12.3 Å². The van der Waals surface area contributed by atoms with E-state index in [1.807, 2.05) is 0 Å². The first-order valence-corrected chi connectivity index (χ1v) is 2.90. The maximum atomic E-state index is 12.7. The van der Waals surface area contributed by atoms with Crippen molar-refractivity contribution >= 4 is 11.6 Å². The van der Waals surface area contributed by atoms with Gasteiger partial charge in [-0.05, 0) is 6.07 Å². The highest BCUT2D eigenvalue weighted by Crippen LogP contribution is 2.13. The minimum atomic E-state index is -0.633. The molecule has 0 bridgehead atoms. The number of pyridine rings is 1. The molecule has 1 heterocycles. The first-order chi connectivity index (χ1) is 4.75. The van der Waals surface area contributed by atoms with Gasteiger partial charge in [0.1, 0.15) is 0 Å². The molecule has 0 saturated heterocycles. The molecule has 0 N–H and O–H groups in total. The second kappa shape index (κ2) is 2.68. The van der Waals surface area contributed by atoms with E-state index in [4.69, 9.17) is 18.0 Å². The lowest BCUT2D eigenvalue weighted by molar-refractivity contribution is 0.618. The van der Waals surface area contributed by atoms with Crippen LogP contribution < -0.4 is 0 Å². The van der Waals surface area contributed by atoms with Gasteiger partial charge >= 0.3 is 0 Å². The summed E-state index contributed by atoms with van der Waals surface area (Å²) in [4.78, 5) is 3.48. The molecule has 0 aromatic carbocycles. The van der Waals surface area contributed by atoms with Crippen molar-refractivity contribution < 1.29 is 4.39 Å². The molecule has 50 valence electrons. The fourth-order valence-electron chi connectivity index (χ4n) is 0.530. The van der Waals surface area contributed by atoms with E-state index in [1.165, 1.54) is 12.3 Å². The molecule has 1 aromatic rings. The Morgan fingerprint density at radius 2 is 2.40 bits per heavy atom. The van der Waals surface area contributed by atoms with Crippen LogP contribution in [-0.2, 0) is 0 Å². The molecular weight excluding hydrogens is 153 g/mol. The highest BCUT2D eigenvalue weighted by molar-refractivity contribution is 6.29. The van der Waals surface area contributed by atoms with E-state index < -0.39 is 5.82 Å². The normalized spacial score (nSPS) is 8.90. The molecule has 1 rings (SSSR count). The van der Waals surface area contributed by atoms with Crippen molar-refractivity contribution in [2.75, 3.05) is 0 Å². The van der Waals surface area contributed by atoms with Crippen LogP contribution in [0.15, 0.2) is 12.3 Å². The highest BCUT2D eigenvalue weighted by Gasteiger charge is 2.03. The molecule has 0 aliphatic rings. The fourth-order valence-corrected chi connectivity index (χ4v) is 0.688. The molecule has 3 heteroatoms. The van der Waals surface area contributed by atoms with Gasteiger partial charge in [-0.15, -0.1) is 6.42 Å². The second-order valence-corrected chi connectivity index (χ2v) is 1.97. The molecule has 0 aliphatic heterocycles. The van der Waals surface area contributed by atoms with Gasteiger partial charge in [-0.3, -0.25) is 0 Å². The number of rotatable bonds is 0. The first-order valence-electron chi connectivity index (χ1n) is 2.52. The largest absolute Gasteiger partial charge is 0.241 e. The van der Waals surface area contributed by atoms with Gasteiger partial charge in [0.15, 0.2) is 11.0 Å². The Labute approximate surface area is 62.8 Å².